The Morgan fingerprint density at radius 1 is 1.05 bits per heavy atom. The Labute approximate surface area is 131 Å². The fourth-order valence-electron chi connectivity index (χ4n) is 2.94. The maximum atomic E-state index is 13.5. The summed E-state index contributed by atoms with van der Waals surface area (Å²) in [5.41, 5.74) is 1.20. The molecule has 0 radical (unpaired) electrons. The molecule has 20 heavy (non-hydrogen) atoms. The fraction of sp³-hybridized carbons (Fsp3) is 0.765. The van der Waals surface area contributed by atoms with E-state index in [2.05, 4.69) is 41.7 Å². The third-order valence-electron chi connectivity index (χ3n) is 4.30. The minimum absolute atomic E-state index is 0.0859. The second-order valence-electron chi connectivity index (χ2n) is 6.17. The van der Waals surface area contributed by atoms with Crippen LogP contribution in [0.3, 0.4) is 0 Å². The van der Waals surface area contributed by atoms with Crippen LogP contribution in [-0.4, -0.2) is 4.98 Å². The molecule has 0 saturated heterocycles. The van der Waals surface area contributed by atoms with E-state index in [9.17, 15) is 4.39 Å². The van der Waals surface area contributed by atoms with Crippen LogP contribution < -0.4 is 0 Å². The van der Waals surface area contributed by atoms with E-state index >= 15 is 0 Å². The zero-order valence-corrected chi connectivity index (χ0v) is 14.8. The van der Waals surface area contributed by atoms with Gasteiger partial charge >= 0.3 is 0 Å². The minimum atomic E-state index is -0.234. The molecule has 0 aliphatic carbocycles. The Kier molecular flexibility index (Phi) is 7.86. The Hall–Kier alpha value is -0.310. The molecular weight excluding hydrogens is 317 g/mol. The zero-order chi connectivity index (χ0) is 15.0. The molecule has 3 heteroatoms. The Morgan fingerprint density at radius 2 is 1.60 bits per heavy atom. The average molecular weight is 346 g/mol. The lowest BCUT2D eigenvalue weighted by atomic mass is 9.75. The van der Waals surface area contributed by atoms with Crippen LogP contribution in [0.4, 0.5) is 4.39 Å². The second kappa shape index (κ2) is 8.86. The number of rotatable bonds is 10. The Balaban J connectivity index is 2.74. The predicted molar refractivity (Wildman–Crippen MR) is 88.7 cm³/mol. The van der Waals surface area contributed by atoms with Gasteiger partial charge in [0.1, 0.15) is 0 Å². The van der Waals surface area contributed by atoms with Gasteiger partial charge in [-0.2, -0.15) is 4.39 Å². The topological polar surface area (TPSA) is 15.8 Å². The number of H-pyrrole nitrogens is 1. The minimum Gasteiger partial charge on any atom is -0.326 e. The predicted octanol–water partition coefficient (Wildman–Crippen LogP) is 6.72. The van der Waals surface area contributed by atoms with Crippen molar-refractivity contribution in [3.8, 4) is 0 Å². The fourth-order valence-corrected chi connectivity index (χ4v) is 3.72. The zero-order valence-electron chi connectivity index (χ0n) is 13.2. The summed E-state index contributed by atoms with van der Waals surface area (Å²) < 4.78 is 14.3. The highest BCUT2D eigenvalue weighted by molar-refractivity contribution is 9.10. The van der Waals surface area contributed by atoms with Crippen molar-refractivity contribution in [1.29, 1.82) is 0 Å². The lowest BCUT2D eigenvalue weighted by Gasteiger charge is -2.30. The highest BCUT2D eigenvalue weighted by atomic mass is 79.9. The smallest absolute Gasteiger partial charge is 0.192 e. The van der Waals surface area contributed by atoms with E-state index in [1.807, 2.05) is 0 Å². The van der Waals surface area contributed by atoms with Gasteiger partial charge in [0.25, 0.3) is 0 Å². The van der Waals surface area contributed by atoms with Crippen LogP contribution in [0.1, 0.15) is 84.1 Å². The molecular formula is C17H29BrFN. The van der Waals surface area contributed by atoms with Gasteiger partial charge < -0.3 is 4.98 Å². The maximum absolute atomic E-state index is 13.5. The molecule has 0 aliphatic rings. The van der Waals surface area contributed by atoms with E-state index in [0.29, 0.717) is 0 Å². The molecule has 0 saturated carbocycles. The number of aromatic nitrogens is 1. The van der Waals surface area contributed by atoms with Crippen molar-refractivity contribution < 1.29 is 4.39 Å². The van der Waals surface area contributed by atoms with Gasteiger partial charge in [0.15, 0.2) is 5.95 Å². The van der Waals surface area contributed by atoms with Crippen molar-refractivity contribution in [3.05, 3.63) is 22.2 Å². The van der Waals surface area contributed by atoms with Crippen LogP contribution in [-0.2, 0) is 5.41 Å². The van der Waals surface area contributed by atoms with Crippen LogP contribution in [0.15, 0.2) is 10.7 Å². The summed E-state index contributed by atoms with van der Waals surface area (Å²) in [6.45, 7) is 6.75. The van der Waals surface area contributed by atoms with Crippen LogP contribution in [0.5, 0.6) is 0 Å². The second-order valence-corrected chi connectivity index (χ2v) is 6.97. The van der Waals surface area contributed by atoms with Crippen molar-refractivity contribution in [2.75, 3.05) is 0 Å². The molecule has 1 nitrogen and oxygen atoms in total. The van der Waals surface area contributed by atoms with E-state index in [1.54, 1.807) is 6.07 Å². The van der Waals surface area contributed by atoms with Gasteiger partial charge in [-0.05, 0) is 45.8 Å². The van der Waals surface area contributed by atoms with Crippen LogP contribution in [0.25, 0.3) is 0 Å². The van der Waals surface area contributed by atoms with E-state index in [0.717, 1.165) is 23.0 Å². The summed E-state index contributed by atoms with van der Waals surface area (Å²) in [4.78, 5) is 2.76. The van der Waals surface area contributed by atoms with Gasteiger partial charge in [-0.15, -0.1) is 0 Å². The monoisotopic (exact) mass is 345 g/mol. The van der Waals surface area contributed by atoms with Crippen LogP contribution >= 0.6 is 15.9 Å². The lowest BCUT2D eigenvalue weighted by Crippen LogP contribution is -2.22. The average Bonchev–Trinajstić information content (AvgIpc) is 2.75. The molecule has 0 spiro atoms. The molecule has 0 aromatic carbocycles. The van der Waals surface area contributed by atoms with Gasteiger partial charge in [0.2, 0.25) is 0 Å². The summed E-state index contributed by atoms with van der Waals surface area (Å²) in [5.74, 6) is -0.234. The number of aromatic amines is 1. The van der Waals surface area contributed by atoms with Gasteiger partial charge in [-0.3, -0.25) is 0 Å². The van der Waals surface area contributed by atoms with E-state index in [4.69, 9.17) is 0 Å². The number of hydrogen-bond donors (Lipinski definition) is 1. The first kappa shape index (κ1) is 17.7. The Morgan fingerprint density at radius 3 is 2.10 bits per heavy atom. The number of hydrogen-bond acceptors (Lipinski definition) is 0. The van der Waals surface area contributed by atoms with Crippen LogP contribution in [0, 0.1) is 5.95 Å². The summed E-state index contributed by atoms with van der Waals surface area (Å²) >= 11 is 3.49. The standard InChI is InChI=1S/C17H29BrFN/c1-4-6-8-10-12-17(3,11-9-7-5-2)14-13-15(19)20-16(14)18/h13,20H,4-12H2,1-3H3. The molecule has 0 amide bonds. The normalized spacial score (nSPS) is 14.4. The Bertz CT molecular complexity index is 388. The van der Waals surface area contributed by atoms with Crippen molar-refractivity contribution in [1.82, 2.24) is 4.98 Å². The molecule has 0 aliphatic heterocycles. The van der Waals surface area contributed by atoms with E-state index < -0.39 is 0 Å². The number of unbranched alkanes of at least 4 members (excludes halogenated alkanes) is 5. The molecule has 0 bridgehead atoms. The molecule has 1 aromatic rings. The number of nitrogens with one attached hydrogen (secondary N) is 1. The summed E-state index contributed by atoms with van der Waals surface area (Å²) in [6.07, 6.45) is 11.1. The van der Waals surface area contributed by atoms with Crippen molar-refractivity contribution in [2.24, 2.45) is 0 Å². The SMILES string of the molecule is CCCCCCC(C)(CCCCC)c1cc(F)[nH]c1Br. The van der Waals surface area contributed by atoms with Crippen molar-refractivity contribution in [2.45, 2.75) is 84.0 Å². The molecule has 116 valence electrons. The molecule has 1 N–H and O–H groups in total. The lowest BCUT2D eigenvalue weighted by molar-refractivity contribution is 0.364. The van der Waals surface area contributed by atoms with Crippen LogP contribution in [0.2, 0.25) is 0 Å². The first-order valence-electron chi connectivity index (χ1n) is 8.08. The molecule has 1 aromatic heterocycles. The van der Waals surface area contributed by atoms with Crippen molar-refractivity contribution >= 4 is 15.9 Å². The summed E-state index contributed by atoms with van der Waals surface area (Å²) in [5, 5.41) is 0. The van der Waals surface area contributed by atoms with E-state index in [1.165, 1.54) is 44.9 Å². The van der Waals surface area contributed by atoms with E-state index in [-0.39, 0.29) is 11.4 Å². The third-order valence-corrected chi connectivity index (χ3v) is 4.93. The molecule has 1 rings (SSSR count). The molecule has 1 heterocycles. The van der Waals surface area contributed by atoms with Crippen molar-refractivity contribution in [3.63, 3.8) is 0 Å². The molecule has 1 atom stereocenters. The van der Waals surface area contributed by atoms with Gasteiger partial charge in [0.05, 0.1) is 4.60 Å². The highest BCUT2D eigenvalue weighted by Crippen LogP contribution is 2.39. The van der Waals surface area contributed by atoms with Gasteiger partial charge in [-0.25, -0.2) is 0 Å². The maximum Gasteiger partial charge on any atom is 0.192 e. The largest absolute Gasteiger partial charge is 0.326 e. The molecule has 0 fully saturated rings. The van der Waals surface area contributed by atoms with Gasteiger partial charge in [0, 0.05) is 0 Å². The summed E-state index contributed by atoms with van der Waals surface area (Å²) in [7, 11) is 0. The summed E-state index contributed by atoms with van der Waals surface area (Å²) in [6, 6.07) is 1.68. The quantitative estimate of drug-likeness (QED) is 0.452. The number of halogens is 2. The first-order chi connectivity index (χ1) is 9.53. The van der Waals surface area contributed by atoms with Gasteiger partial charge in [-0.1, -0.05) is 65.7 Å². The third kappa shape index (κ3) is 5.23. The first-order valence-corrected chi connectivity index (χ1v) is 8.87. The highest BCUT2D eigenvalue weighted by Gasteiger charge is 2.29. The molecule has 1 unspecified atom stereocenters.